The molecule has 2 heteroatoms. The average Bonchev–Trinajstić information content (AvgIpc) is 2.78. The molecule has 0 unspecified atom stereocenters. The molecule has 1 saturated carbocycles. The van der Waals surface area contributed by atoms with E-state index in [1.54, 1.807) is 0 Å². The van der Waals surface area contributed by atoms with Crippen LogP contribution in [-0.2, 0) is 6.54 Å². The normalized spacial score (nSPS) is 18.2. The largest absolute Gasteiger partial charge is 0.295 e. The molecule has 1 aliphatic rings. The highest BCUT2D eigenvalue weighted by Crippen LogP contribution is 2.29. The van der Waals surface area contributed by atoms with Gasteiger partial charge in [-0.05, 0) is 25.3 Å². The summed E-state index contributed by atoms with van der Waals surface area (Å²) in [5, 5.41) is 12.6. The Kier molecular flexibility index (Phi) is 3.26. The smallest absolute Gasteiger partial charge is 0.107 e. The van der Waals surface area contributed by atoms with Crippen LogP contribution in [0.4, 0.5) is 0 Å². The van der Waals surface area contributed by atoms with Crippen molar-refractivity contribution in [1.29, 1.82) is 5.26 Å². The quantitative estimate of drug-likeness (QED) is 0.839. The van der Waals surface area contributed by atoms with Crippen LogP contribution in [0.3, 0.4) is 0 Å². The van der Waals surface area contributed by atoms with E-state index in [2.05, 4.69) is 42.6 Å². The monoisotopic (exact) mass is 214 g/mol. The van der Waals surface area contributed by atoms with Crippen molar-refractivity contribution in [3.05, 3.63) is 35.4 Å². The van der Waals surface area contributed by atoms with Crippen LogP contribution in [0.1, 0.15) is 36.8 Å². The third kappa shape index (κ3) is 2.43. The summed E-state index contributed by atoms with van der Waals surface area (Å²) >= 11 is 0. The Morgan fingerprint density at radius 1 is 1.25 bits per heavy atom. The molecule has 0 aliphatic heterocycles. The minimum absolute atomic E-state index is 0.259. The van der Waals surface area contributed by atoms with Crippen LogP contribution < -0.4 is 5.32 Å². The van der Waals surface area contributed by atoms with Gasteiger partial charge in [0, 0.05) is 6.54 Å². The number of rotatable bonds is 3. The Bertz CT molecular complexity index is 380. The van der Waals surface area contributed by atoms with E-state index in [1.165, 1.54) is 24.0 Å². The zero-order valence-corrected chi connectivity index (χ0v) is 9.79. The number of nitriles is 1. The fraction of sp³-hybridized carbons (Fsp3) is 0.500. The lowest BCUT2D eigenvalue weighted by Crippen LogP contribution is -2.40. The summed E-state index contributed by atoms with van der Waals surface area (Å²) in [6.07, 6.45) is 4.34. The second-order valence-corrected chi connectivity index (χ2v) is 4.74. The standard InChI is InChI=1S/C14H18N2/c1-12-4-6-13(7-5-12)10-16-14(11-15)8-2-3-9-14/h4-7,16H,2-3,8-10H2,1H3. The van der Waals surface area contributed by atoms with E-state index in [0.29, 0.717) is 0 Å². The Labute approximate surface area is 97.3 Å². The summed E-state index contributed by atoms with van der Waals surface area (Å²) in [6.45, 7) is 2.89. The van der Waals surface area contributed by atoms with Crippen LogP contribution in [0.25, 0.3) is 0 Å². The topological polar surface area (TPSA) is 35.8 Å². The molecule has 16 heavy (non-hydrogen) atoms. The number of nitrogens with zero attached hydrogens (tertiary/aromatic N) is 1. The van der Waals surface area contributed by atoms with Crippen molar-refractivity contribution < 1.29 is 0 Å². The van der Waals surface area contributed by atoms with Crippen LogP contribution in [0.2, 0.25) is 0 Å². The molecule has 2 nitrogen and oxygen atoms in total. The van der Waals surface area contributed by atoms with Gasteiger partial charge in [0.15, 0.2) is 0 Å². The highest BCUT2D eigenvalue weighted by Gasteiger charge is 2.32. The van der Waals surface area contributed by atoms with E-state index in [1.807, 2.05) is 0 Å². The Balaban J connectivity index is 1.96. The Morgan fingerprint density at radius 2 is 1.88 bits per heavy atom. The van der Waals surface area contributed by atoms with Gasteiger partial charge in [-0.25, -0.2) is 0 Å². The molecule has 0 amide bonds. The molecule has 2 rings (SSSR count). The summed E-state index contributed by atoms with van der Waals surface area (Å²) in [5.74, 6) is 0. The molecular formula is C14H18N2. The van der Waals surface area contributed by atoms with E-state index in [9.17, 15) is 5.26 Å². The molecule has 0 atom stereocenters. The first-order chi connectivity index (χ1) is 7.74. The number of nitrogens with one attached hydrogen (secondary N) is 1. The van der Waals surface area contributed by atoms with Crippen molar-refractivity contribution >= 4 is 0 Å². The van der Waals surface area contributed by atoms with Gasteiger partial charge in [0.1, 0.15) is 5.54 Å². The van der Waals surface area contributed by atoms with Crippen molar-refractivity contribution in [2.24, 2.45) is 0 Å². The molecule has 1 aliphatic carbocycles. The van der Waals surface area contributed by atoms with Crippen molar-refractivity contribution in [2.75, 3.05) is 0 Å². The second-order valence-electron chi connectivity index (χ2n) is 4.74. The molecule has 0 aromatic heterocycles. The molecular weight excluding hydrogens is 196 g/mol. The van der Waals surface area contributed by atoms with Gasteiger partial charge in [-0.3, -0.25) is 5.32 Å². The van der Waals surface area contributed by atoms with Gasteiger partial charge in [0.25, 0.3) is 0 Å². The fourth-order valence-corrected chi connectivity index (χ4v) is 2.28. The molecule has 0 bridgehead atoms. The van der Waals surface area contributed by atoms with Crippen LogP contribution in [-0.4, -0.2) is 5.54 Å². The van der Waals surface area contributed by atoms with Crippen LogP contribution in [0.15, 0.2) is 24.3 Å². The Hall–Kier alpha value is -1.33. The third-order valence-corrected chi connectivity index (χ3v) is 3.42. The zero-order valence-electron chi connectivity index (χ0n) is 9.79. The van der Waals surface area contributed by atoms with Gasteiger partial charge < -0.3 is 0 Å². The number of hydrogen-bond acceptors (Lipinski definition) is 2. The molecule has 0 saturated heterocycles. The van der Waals surface area contributed by atoms with Gasteiger partial charge in [-0.2, -0.15) is 5.26 Å². The van der Waals surface area contributed by atoms with Gasteiger partial charge in [-0.1, -0.05) is 42.7 Å². The third-order valence-electron chi connectivity index (χ3n) is 3.42. The van der Waals surface area contributed by atoms with Gasteiger partial charge in [-0.15, -0.1) is 0 Å². The van der Waals surface area contributed by atoms with E-state index in [-0.39, 0.29) is 5.54 Å². The van der Waals surface area contributed by atoms with E-state index in [4.69, 9.17) is 0 Å². The lowest BCUT2D eigenvalue weighted by atomic mass is 9.99. The molecule has 1 fully saturated rings. The summed E-state index contributed by atoms with van der Waals surface area (Å²) in [7, 11) is 0. The number of benzene rings is 1. The lowest BCUT2D eigenvalue weighted by Gasteiger charge is -2.22. The predicted molar refractivity (Wildman–Crippen MR) is 64.8 cm³/mol. The summed E-state index contributed by atoms with van der Waals surface area (Å²) in [4.78, 5) is 0. The summed E-state index contributed by atoms with van der Waals surface area (Å²) in [6, 6.07) is 10.9. The molecule has 0 heterocycles. The van der Waals surface area contributed by atoms with Crippen LogP contribution >= 0.6 is 0 Å². The summed E-state index contributed by atoms with van der Waals surface area (Å²) in [5.41, 5.74) is 2.27. The first kappa shape index (κ1) is 11.2. The predicted octanol–water partition coefficient (Wildman–Crippen LogP) is 2.92. The van der Waals surface area contributed by atoms with E-state index in [0.717, 1.165) is 19.4 Å². The van der Waals surface area contributed by atoms with Crippen molar-refractivity contribution in [3.8, 4) is 6.07 Å². The maximum Gasteiger partial charge on any atom is 0.107 e. The van der Waals surface area contributed by atoms with Gasteiger partial charge in [0.05, 0.1) is 6.07 Å². The maximum atomic E-state index is 9.23. The van der Waals surface area contributed by atoms with E-state index < -0.39 is 0 Å². The fourth-order valence-electron chi connectivity index (χ4n) is 2.28. The highest BCUT2D eigenvalue weighted by atomic mass is 15.0. The molecule has 0 spiro atoms. The minimum Gasteiger partial charge on any atom is -0.295 e. The molecule has 1 aromatic rings. The average molecular weight is 214 g/mol. The number of aryl methyl sites for hydroxylation is 1. The van der Waals surface area contributed by atoms with Gasteiger partial charge in [0.2, 0.25) is 0 Å². The van der Waals surface area contributed by atoms with Crippen LogP contribution in [0, 0.1) is 18.3 Å². The van der Waals surface area contributed by atoms with Gasteiger partial charge >= 0.3 is 0 Å². The maximum absolute atomic E-state index is 9.23. The molecule has 84 valence electrons. The first-order valence-electron chi connectivity index (χ1n) is 5.96. The molecule has 1 N–H and O–H groups in total. The van der Waals surface area contributed by atoms with Crippen molar-refractivity contribution in [3.63, 3.8) is 0 Å². The lowest BCUT2D eigenvalue weighted by molar-refractivity contribution is 0.421. The van der Waals surface area contributed by atoms with Crippen molar-refractivity contribution in [1.82, 2.24) is 5.32 Å². The highest BCUT2D eigenvalue weighted by molar-refractivity contribution is 5.22. The summed E-state index contributed by atoms with van der Waals surface area (Å²) < 4.78 is 0. The Morgan fingerprint density at radius 3 is 2.44 bits per heavy atom. The second kappa shape index (κ2) is 4.67. The molecule has 0 radical (unpaired) electrons. The SMILES string of the molecule is Cc1ccc(CNC2(C#N)CCCC2)cc1. The van der Waals surface area contributed by atoms with Crippen LogP contribution in [0.5, 0.6) is 0 Å². The van der Waals surface area contributed by atoms with Crippen molar-refractivity contribution in [2.45, 2.75) is 44.7 Å². The zero-order chi connectivity index (χ0) is 11.4. The van der Waals surface area contributed by atoms with E-state index >= 15 is 0 Å². The minimum atomic E-state index is -0.259. The molecule has 1 aromatic carbocycles. The first-order valence-corrected chi connectivity index (χ1v) is 5.96. The number of hydrogen-bond donors (Lipinski definition) is 1.